The van der Waals surface area contributed by atoms with E-state index in [1.165, 1.54) is 12.1 Å². The van der Waals surface area contributed by atoms with Crippen molar-refractivity contribution in [3.63, 3.8) is 0 Å². The van der Waals surface area contributed by atoms with Crippen LogP contribution in [0.5, 0.6) is 0 Å². The molecule has 0 aliphatic carbocycles. The summed E-state index contributed by atoms with van der Waals surface area (Å²) in [6.45, 7) is 3.54. The molecule has 2 aromatic carbocycles. The second-order valence-electron chi connectivity index (χ2n) is 6.80. The maximum atomic E-state index is 12.4. The number of urea groups is 1. The Balaban J connectivity index is 1.50. The van der Waals surface area contributed by atoms with Crippen LogP contribution >= 0.6 is 0 Å². The number of sulfone groups is 1. The average molecular weight is 398 g/mol. The van der Waals surface area contributed by atoms with Crippen LogP contribution in [0.2, 0.25) is 0 Å². The van der Waals surface area contributed by atoms with Gasteiger partial charge in [0.25, 0.3) is 0 Å². The fourth-order valence-electron chi connectivity index (χ4n) is 3.04. The summed E-state index contributed by atoms with van der Waals surface area (Å²) < 4.78 is 23.0. The smallest absolute Gasteiger partial charge is 0.321 e. The number of carbonyl (C=O) groups is 1. The van der Waals surface area contributed by atoms with Crippen molar-refractivity contribution in [2.45, 2.75) is 11.4 Å². The van der Waals surface area contributed by atoms with E-state index in [2.05, 4.69) is 16.3 Å². The molecule has 0 bridgehead atoms. The maximum absolute atomic E-state index is 12.4. The first-order valence-electron chi connectivity index (χ1n) is 8.92. The third-order valence-electron chi connectivity index (χ3n) is 4.68. The van der Waals surface area contributed by atoms with Crippen LogP contribution in [0.1, 0.15) is 11.1 Å². The number of anilines is 1. The lowest BCUT2D eigenvalue weighted by Gasteiger charge is -2.34. The molecule has 1 N–H and O–H groups in total. The van der Waals surface area contributed by atoms with Gasteiger partial charge >= 0.3 is 6.03 Å². The highest BCUT2D eigenvalue weighted by atomic mass is 32.2. The third-order valence-corrected chi connectivity index (χ3v) is 5.81. The number of hydrogen-bond acceptors (Lipinski definition) is 5. The second kappa shape index (κ2) is 8.42. The summed E-state index contributed by atoms with van der Waals surface area (Å²) >= 11 is 0. The Morgan fingerprint density at radius 3 is 2.18 bits per heavy atom. The standard InChI is InChI=1S/C20H22N4O3S/c1-28(26,27)19-8-6-18(7-9-19)22-20(25)24-12-10-23(11-13-24)15-17-4-2-16(14-21)3-5-17/h2-9H,10-13,15H2,1H3,(H,22,25). The van der Waals surface area contributed by atoms with Crippen molar-refractivity contribution in [2.24, 2.45) is 0 Å². The zero-order valence-corrected chi connectivity index (χ0v) is 16.4. The Kier molecular flexibility index (Phi) is 5.97. The summed E-state index contributed by atoms with van der Waals surface area (Å²) in [5, 5.41) is 11.7. The lowest BCUT2D eigenvalue weighted by molar-refractivity contribution is 0.143. The van der Waals surface area contributed by atoms with E-state index in [0.717, 1.165) is 31.5 Å². The molecule has 7 nitrogen and oxygen atoms in total. The number of amides is 2. The van der Waals surface area contributed by atoms with E-state index in [-0.39, 0.29) is 10.9 Å². The van der Waals surface area contributed by atoms with Gasteiger partial charge in [0.2, 0.25) is 0 Å². The molecule has 1 fully saturated rings. The Hall–Kier alpha value is -2.89. The maximum Gasteiger partial charge on any atom is 0.321 e. The molecule has 1 aliphatic heterocycles. The van der Waals surface area contributed by atoms with Gasteiger partial charge in [0, 0.05) is 44.7 Å². The first-order chi connectivity index (χ1) is 13.3. The lowest BCUT2D eigenvalue weighted by atomic mass is 10.1. The number of nitrogens with zero attached hydrogens (tertiary/aromatic N) is 3. The number of rotatable bonds is 4. The molecular weight excluding hydrogens is 376 g/mol. The third kappa shape index (κ3) is 5.09. The van der Waals surface area contributed by atoms with Gasteiger partial charge in [-0.25, -0.2) is 13.2 Å². The minimum absolute atomic E-state index is 0.190. The van der Waals surface area contributed by atoms with Crippen LogP contribution in [0.4, 0.5) is 10.5 Å². The number of nitriles is 1. The minimum atomic E-state index is -3.25. The van der Waals surface area contributed by atoms with E-state index in [4.69, 9.17) is 5.26 Å². The molecule has 3 rings (SSSR count). The van der Waals surface area contributed by atoms with Crippen LogP contribution in [-0.2, 0) is 16.4 Å². The predicted octanol–water partition coefficient (Wildman–Crippen LogP) is 2.31. The van der Waals surface area contributed by atoms with E-state index in [1.807, 2.05) is 24.3 Å². The van der Waals surface area contributed by atoms with Crippen LogP contribution in [0.3, 0.4) is 0 Å². The van der Waals surface area contributed by atoms with Crippen molar-refractivity contribution in [3.05, 3.63) is 59.7 Å². The largest absolute Gasteiger partial charge is 0.322 e. The number of piperazine rings is 1. The summed E-state index contributed by atoms with van der Waals surface area (Å²) in [4.78, 5) is 16.7. The van der Waals surface area contributed by atoms with Gasteiger partial charge in [-0.1, -0.05) is 12.1 Å². The van der Waals surface area contributed by atoms with Crippen molar-refractivity contribution in [1.82, 2.24) is 9.80 Å². The van der Waals surface area contributed by atoms with Crippen molar-refractivity contribution in [2.75, 3.05) is 37.8 Å². The Labute approximate surface area is 165 Å². The van der Waals surface area contributed by atoms with Crippen molar-refractivity contribution < 1.29 is 13.2 Å². The molecule has 0 atom stereocenters. The molecule has 146 valence electrons. The van der Waals surface area contributed by atoms with Crippen LogP contribution in [0.15, 0.2) is 53.4 Å². The highest BCUT2D eigenvalue weighted by Crippen LogP contribution is 2.15. The minimum Gasteiger partial charge on any atom is -0.322 e. The van der Waals surface area contributed by atoms with Gasteiger partial charge in [-0.05, 0) is 42.0 Å². The molecule has 28 heavy (non-hydrogen) atoms. The molecule has 0 aromatic heterocycles. The van der Waals surface area contributed by atoms with Crippen molar-refractivity contribution in [1.29, 1.82) is 5.26 Å². The molecular formula is C20H22N4O3S. The molecule has 2 amide bonds. The van der Waals surface area contributed by atoms with E-state index >= 15 is 0 Å². The molecule has 0 spiro atoms. The summed E-state index contributed by atoms with van der Waals surface area (Å²) in [5.74, 6) is 0. The average Bonchev–Trinajstić information content (AvgIpc) is 2.69. The summed E-state index contributed by atoms with van der Waals surface area (Å²) in [6, 6.07) is 15.6. The molecule has 8 heteroatoms. The molecule has 1 heterocycles. The first kappa shape index (κ1) is 19.9. The molecule has 0 unspecified atom stereocenters. The SMILES string of the molecule is CS(=O)(=O)c1ccc(NC(=O)N2CCN(Cc3ccc(C#N)cc3)CC2)cc1. The molecule has 0 saturated carbocycles. The fraction of sp³-hybridized carbons (Fsp3) is 0.300. The molecule has 0 radical (unpaired) electrons. The lowest BCUT2D eigenvalue weighted by Crippen LogP contribution is -2.49. The normalized spacial score (nSPS) is 15.1. The zero-order chi connectivity index (χ0) is 20.1. The van der Waals surface area contributed by atoms with Gasteiger partial charge in [-0.15, -0.1) is 0 Å². The van der Waals surface area contributed by atoms with Gasteiger partial charge in [0.05, 0.1) is 16.5 Å². The molecule has 2 aromatic rings. The quantitative estimate of drug-likeness (QED) is 0.853. The Bertz CT molecular complexity index is 972. The van der Waals surface area contributed by atoms with Crippen LogP contribution in [-0.4, -0.2) is 56.7 Å². The van der Waals surface area contributed by atoms with Crippen molar-refractivity contribution in [3.8, 4) is 6.07 Å². The number of hydrogen-bond donors (Lipinski definition) is 1. The Morgan fingerprint density at radius 1 is 1.04 bits per heavy atom. The number of benzene rings is 2. The number of nitrogens with one attached hydrogen (secondary N) is 1. The van der Waals surface area contributed by atoms with E-state index in [0.29, 0.717) is 24.3 Å². The predicted molar refractivity (Wildman–Crippen MR) is 107 cm³/mol. The van der Waals surface area contributed by atoms with E-state index in [9.17, 15) is 13.2 Å². The van der Waals surface area contributed by atoms with Crippen molar-refractivity contribution >= 4 is 21.6 Å². The summed E-state index contributed by atoms with van der Waals surface area (Å²) in [7, 11) is -3.25. The Morgan fingerprint density at radius 2 is 1.64 bits per heavy atom. The topological polar surface area (TPSA) is 93.5 Å². The molecule has 1 saturated heterocycles. The van der Waals surface area contributed by atoms with Gasteiger partial charge in [0.15, 0.2) is 9.84 Å². The first-order valence-corrected chi connectivity index (χ1v) is 10.8. The highest BCUT2D eigenvalue weighted by Gasteiger charge is 2.21. The summed E-state index contributed by atoms with van der Waals surface area (Å²) in [6.07, 6.45) is 1.15. The zero-order valence-electron chi connectivity index (χ0n) is 15.6. The number of carbonyl (C=O) groups excluding carboxylic acids is 1. The van der Waals surface area contributed by atoms with Crippen LogP contribution in [0, 0.1) is 11.3 Å². The van der Waals surface area contributed by atoms with Gasteiger partial charge < -0.3 is 10.2 Å². The second-order valence-corrected chi connectivity index (χ2v) is 8.81. The van der Waals surface area contributed by atoms with Gasteiger partial charge in [-0.2, -0.15) is 5.26 Å². The van der Waals surface area contributed by atoms with Crippen LogP contribution < -0.4 is 5.32 Å². The monoisotopic (exact) mass is 398 g/mol. The highest BCUT2D eigenvalue weighted by molar-refractivity contribution is 7.90. The van der Waals surface area contributed by atoms with E-state index < -0.39 is 9.84 Å². The van der Waals surface area contributed by atoms with E-state index in [1.54, 1.807) is 17.0 Å². The van der Waals surface area contributed by atoms with Crippen LogP contribution in [0.25, 0.3) is 0 Å². The van der Waals surface area contributed by atoms with Gasteiger partial charge in [-0.3, -0.25) is 4.90 Å². The summed E-state index contributed by atoms with van der Waals surface area (Å²) in [5.41, 5.74) is 2.36. The molecule has 1 aliphatic rings. The fourth-order valence-corrected chi connectivity index (χ4v) is 3.67. The van der Waals surface area contributed by atoms with Gasteiger partial charge in [0.1, 0.15) is 0 Å².